The summed E-state index contributed by atoms with van der Waals surface area (Å²) in [6.45, 7) is 4.09. The van der Waals surface area contributed by atoms with Gasteiger partial charge in [-0.1, -0.05) is 6.07 Å². The van der Waals surface area contributed by atoms with Crippen molar-refractivity contribution in [1.82, 2.24) is 0 Å². The molecule has 0 saturated heterocycles. The lowest BCUT2D eigenvalue weighted by molar-refractivity contribution is -2.00. The van der Waals surface area contributed by atoms with Gasteiger partial charge in [0.05, 0.1) is 24.8 Å². The first-order valence-corrected chi connectivity index (χ1v) is 7.85. The Hall–Kier alpha value is -1.96. The molecule has 0 saturated carbocycles. The minimum Gasteiger partial charge on any atom is -0.496 e. The van der Waals surface area contributed by atoms with Crippen LogP contribution in [0.1, 0.15) is 11.3 Å². The number of halogens is 1. The molecule has 1 aromatic heterocycles. The van der Waals surface area contributed by atoms with Crippen molar-refractivity contribution in [3.8, 4) is 5.75 Å². The second-order valence-electron chi connectivity index (χ2n) is 4.92. The Balaban J connectivity index is 0.000000338. The Bertz CT molecular complexity index is 835. The van der Waals surface area contributed by atoms with E-state index in [9.17, 15) is 0 Å². The van der Waals surface area contributed by atoms with E-state index in [-0.39, 0.29) is 0 Å². The predicted octanol–water partition coefficient (Wildman–Crippen LogP) is -0.263. The van der Waals surface area contributed by atoms with E-state index in [4.69, 9.17) is 27.8 Å². The monoisotopic (exact) mass is 338 g/mol. The van der Waals surface area contributed by atoms with Gasteiger partial charge in [-0.25, -0.2) is 23.1 Å². The van der Waals surface area contributed by atoms with E-state index >= 15 is 0 Å². The van der Waals surface area contributed by atoms with E-state index in [1.807, 2.05) is 19.1 Å². The van der Waals surface area contributed by atoms with Gasteiger partial charge in [-0.3, -0.25) is 0 Å². The van der Waals surface area contributed by atoms with Gasteiger partial charge >= 0.3 is 11.3 Å². The van der Waals surface area contributed by atoms with Crippen LogP contribution in [0.25, 0.3) is 21.7 Å². The smallest absolute Gasteiger partial charge is 0.368 e. The second kappa shape index (κ2) is 6.66. The zero-order valence-electron chi connectivity index (χ0n) is 12.8. The van der Waals surface area contributed by atoms with E-state index in [1.54, 1.807) is 7.11 Å². The quantitative estimate of drug-likeness (QED) is 0.446. The van der Waals surface area contributed by atoms with Crippen molar-refractivity contribution >= 4 is 21.7 Å². The summed E-state index contributed by atoms with van der Waals surface area (Å²) in [4.78, 5) is 0. The molecular formula is C16H15ClO6. The summed E-state index contributed by atoms with van der Waals surface area (Å²) in [6.07, 6.45) is 0. The Kier molecular flexibility index (Phi) is 5.03. The summed E-state index contributed by atoms with van der Waals surface area (Å²) in [5.41, 5.74) is 2.17. The van der Waals surface area contributed by atoms with Gasteiger partial charge in [0.1, 0.15) is 5.75 Å². The molecule has 0 amide bonds. The van der Waals surface area contributed by atoms with E-state index in [0.29, 0.717) is 0 Å². The van der Waals surface area contributed by atoms with Gasteiger partial charge in [0.25, 0.3) is 0 Å². The molecule has 6 nitrogen and oxygen atoms in total. The molecule has 0 aliphatic carbocycles. The van der Waals surface area contributed by atoms with Crippen LogP contribution in [0.3, 0.4) is 0 Å². The zero-order valence-corrected chi connectivity index (χ0v) is 13.5. The van der Waals surface area contributed by atoms with Gasteiger partial charge in [-0.2, -0.15) is 0 Å². The van der Waals surface area contributed by atoms with Gasteiger partial charge in [-0.05, 0) is 36.8 Å². The summed E-state index contributed by atoms with van der Waals surface area (Å²) in [5.74, 6) is 1.80. The highest BCUT2D eigenvalue weighted by Crippen LogP contribution is 2.33. The highest BCUT2D eigenvalue weighted by Gasteiger charge is 2.17. The maximum Gasteiger partial charge on any atom is 0.368 e. The fraction of sp³-hybridized carbons (Fsp3) is 0.188. The lowest BCUT2D eigenvalue weighted by atomic mass is 10.0. The molecule has 0 aliphatic rings. The molecule has 0 fully saturated rings. The number of methoxy groups -OCH3 is 1. The molecule has 0 bridgehead atoms. The number of hydrogen-bond acceptors (Lipinski definition) is 5. The molecule has 1 heterocycles. The van der Waals surface area contributed by atoms with Crippen molar-refractivity contribution in [2.45, 2.75) is 13.8 Å². The highest BCUT2D eigenvalue weighted by molar-refractivity contribution is 6.07. The fourth-order valence-electron chi connectivity index (χ4n) is 2.47. The summed E-state index contributed by atoms with van der Waals surface area (Å²) >= 11 is 0. The van der Waals surface area contributed by atoms with Crippen molar-refractivity contribution in [1.29, 1.82) is 0 Å². The summed E-state index contributed by atoms with van der Waals surface area (Å²) in [7, 11) is -3.25. The van der Waals surface area contributed by atoms with Crippen LogP contribution in [0.5, 0.6) is 5.75 Å². The first-order valence-electron chi connectivity index (χ1n) is 6.62. The molecule has 3 rings (SSSR count). The van der Waals surface area contributed by atoms with Crippen molar-refractivity contribution in [2.24, 2.45) is 0 Å². The number of ether oxygens (including phenoxy) is 1. The molecule has 2 aromatic carbocycles. The van der Waals surface area contributed by atoms with Crippen LogP contribution >= 0.6 is 0 Å². The first-order chi connectivity index (χ1) is 10.7. The minimum atomic E-state index is -4.94. The van der Waals surface area contributed by atoms with Crippen molar-refractivity contribution < 1.29 is 38.0 Å². The standard InChI is InChI=1S/C16H15O2.ClHO4/c1-10-9-11(2)18-16-12(10)7-8-13-14(16)5-4-6-15(13)17-3;2-1(3,4)5/h4-9H,1-3H3;(H,2,3,4,5)/q+1;/p-1. The second-order valence-corrected chi connectivity index (χ2v) is 5.67. The molecule has 0 radical (unpaired) electrons. The summed E-state index contributed by atoms with van der Waals surface area (Å²) < 4.78 is 45.3. The molecule has 0 spiro atoms. The molecule has 0 unspecified atom stereocenters. The molecule has 23 heavy (non-hydrogen) atoms. The van der Waals surface area contributed by atoms with Crippen LogP contribution in [0, 0.1) is 24.1 Å². The van der Waals surface area contributed by atoms with E-state index in [0.717, 1.165) is 33.3 Å². The lowest BCUT2D eigenvalue weighted by Crippen LogP contribution is -2.68. The van der Waals surface area contributed by atoms with Gasteiger partial charge in [0.2, 0.25) is 0 Å². The highest BCUT2D eigenvalue weighted by atomic mass is 35.7. The molecule has 0 N–H and O–H groups in total. The molecule has 122 valence electrons. The third-order valence-electron chi connectivity index (χ3n) is 3.30. The van der Waals surface area contributed by atoms with Crippen LogP contribution in [0.2, 0.25) is 0 Å². The molecule has 3 aromatic rings. The number of rotatable bonds is 1. The van der Waals surface area contributed by atoms with E-state index in [2.05, 4.69) is 31.2 Å². The number of aryl methyl sites for hydroxylation is 2. The number of hydrogen-bond donors (Lipinski definition) is 0. The topological polar surface area (TPSA) is 113 Å². The minimum absolute atomic E-state index is 0.878. The van der Waals surface area contributed by atoms with Gasteiger partial charge in [-0.15, -0.1) is 10.2 Å². The van der Waals surface area contributed by atoms with E-state index < -0.39 is 10.2 Å². The molecule has 0 aliphatic heterocycles. The average Bonchev–Trinajstić information content (AvgIpc) is 2.44. The number of fused-ring (bicyclic) bond motifs is 3. The van der Waals surface area contributed by atoms with Gasteiger partial charge in [0.15, 0.2) is 0 Å². The first kappa shape index (κ1) is 17.4. The normalized spacial score (nSPS) is 11.3. The zero-order chi connectivity index (χ0) is 17.2. The Morgan fingerprint density at radius 2 is 1.52 bits per heavy atom. The largest absolute Gasteiger partial charge is 0.496 e. The van der Waals surface area contributed by atoms with Gasteiger partial charge in [0, 0.05) is 11.5 Å². The molecule has 7 heteroatoms. The number of benzene rings is 2. The summed E-state index contributed by atoms with van der Waals surface area (Å²) in [6, 6.07) is 12.3. The third kappa shape index (κ3) is 4.28. The van der Waals surface area contributed by atoms with Crippen LogP contribution in [0.15, 0.2) is 40.8 Å². The maximum absolute atomic E-state index is 8.49. The Labute approximate surface area is 134 Å². The lowest BCUT2D eigenvalue weighted by Gasteiger charge is -2.17. The average molecular weight is 339 g/mol. The third-order valence-corrected chi connectivity index (χ3v) is 3.30. The summed E-state index contributed by atoms with van der Waals surface area (Å²) in [5, 5.41) is 3.33. The van der Waals surface area contributed by atoms with Crippen molar-refractivity contribution in [2.75, 3.05) is 7.11 Å². The van der Waals surface area contributed by atoms with Crippen LogP contribution in [-0.4, -0.2) is 7.11 Å². The Morgan fingerprint density at radius 1 is 0.913 bits per heavy atom. The van der Waals surface area contributed by atoms with Gasteiger partial charge < -0.3 is 4.74 Å². The predicted molar refractivity (Wildman–Crippen MR) is 74.2 cm³/mol. The van der Waals surface area contributed by atoms with Crippen molar-refractivity contribution in [3.05, 3.63) is 47.7 Å². The van der Waals surface area contributed by atoms with E-state index in [1.165, 1.54) is 5.56 Å². The molecule has 0 atom stereocenters. The SMILES string of the molecule is COc1cccc2c1ccc1c(C)cc(C)[o+]c12.[O-][Cl+3]([O-])([O-])[O-]. The molecular weight excluding hydrogens is 324 g/mol. The van der Waals surface area contributed by atoms with Crippen molar-refractivity contribution in [3.63, 3.8) is 0 Å². The van der Waals surface area contributed by atoms with Crippen LogP contribution in [-0.2, 0) is 0 Å². The van der Waals surface area contributed by atoms with Crippen LogP contribution < -0.4 is 23.4 Å². The Morgan fingerprint density at radius 3 is 2.13 bits per heavy atom. The maximum atomic E-state index is 8.49. The van der Waals surface area contributed by atoms with Crippen LogP contribution in [0.4, 0.5) is 0 Å². The fourth-order valence-corrected chi connectivity index (χ4v) is 2.47.